The van der Waals surface area contributed by atoms with Crippen LogP contribution in [0.3, 0.4) is 0 Å². The van der Waals surface area contributed by atoms with Crippen LogP contribution in [0.1, 0.15) is 29.0 Å². The molecule has 3 aromatic carbocycles. The third kappa shape index (κ3) is 5.46. The minimum Gasteiger partial charge on any atom is -0.487 e. The highest BCUT2D eigenvalue weighted by Gasteiger charge is 2.43. The molecular formula is C26H26N2O4. The van der Waals surface area contributed by atoms with Crippen molar-refractivity contribution < 1.29 is 19.5 Å². The Morgan fingerprint density at radius 3 is 2.38 bits per heavy atom. The first-order chi connectivity index (χ1) is 15.6. The van der Waals surface area contributed by atoms with E-state index in [2.05, 4.69) is 10.5 Å². The zero-order valence-corrected chi connectivity index (χ0v) is 17.9. The summed E-state index contributed by atoms with van der Waals surface area (Å²) in [5, 5.41) is 16.5. The highest BCUT2D eigenvalue weighted by Crippen LogP contribution is 2.47. The molecule has 1 aliphatic carbocycles. The third-order valence-electron chi connectivity index (χ3n) is 5.55. The third-order valence-corrected chi connectivity index (χ3v) is 5.55. The van der Waals surface area contributed by atoms with Gasteiger partial charge in [-0.1, -0.05) is 59.8 Å². The molecule has 0 bridgehead atoms. The molecular weight excluding hydrogens is 404 g/mol. The van der Waals surface area contributed by atoms with E-state index in [1.807, 2.05) is 78.9 Å². The summed E-state index contributed by atoms with van der Waals surface area (Å²) in [5.41, 5.74) is 4.91. The molecule has 0 saturated heterocycles. The molecule has 1 saturated carbocycles. The minimum absolute atomic E-state index is 0.158. The molecule has 2 N–H and O–H groups in total. The molecule has 1 fully saturated rings. The number of hydrogen-bond acceptors (Lipinski definition) is 5. The Balaban J connectivity index is 1.27. The van der Waals surface area contributed by atoms with Gasteiger partial charge in [-0.05, 0) is 47.7 Å². The van der Waals surface area contributed by atoms with Crippen molar-refractivity contribution in [3.63, 3.8) is 0 Å². The SMILES string of the molecule is CO/N=C(\COc1ccc(CNc2ccc(C3CC3C(=O)O)cc2)cc1)c1ccccc1. The first-order valence-electron chi connectivity index (χ1n) is 10.6. The van der Waals surface area contributed by atoms with Crippen molar-refractivity contribution in [1.82, 2.24) is 0 Å². The molecule has 3 aromatic rings. The van der Waals surface area contributed by atoms with Crippen molar-refractivity contribution >= 4 is 17.4 Å². The fraction of sp³-hybridized carbons (Fsp3) is 0.231. The van der Waals surface area contributed by atoms with Crippen LogP contribution in [0.2, 0.25) is 0 Å². The van der Waals surface area contributed by atoms with Crippen LogP contribution in [0.5, 0.6) is 5.75 Å². The van der Waals surface area contributed by atoms with Crippen molar-refractivity contribution in [1.29, 1.82) is 0 Å². The lowest BCUT2D eigenvalue weighted by atomic mass is 10.1. The largest absolute Gasteiger partial charge is 0.487 e. The van der Waals surface area contributed by atoms with Crippen LogP contribution in [0.4, 0.5) is 5.69 Å². The maximum Gasteiger partial charge on any atom is 0.307 e. The number of aliphatic carboxylic acids is 1. The topological polar surface area (TPSA) is 80.2 Å². The van der Waals surface area contributed by atoms with Gasteiger partial charge in [-0.3, -0.25) is 4.79 Å². The maximum atomic E-state index is 11.0. The standard InChI is InChI=1S/C26H26N2O4/c1-31-28-25(20-5-3-2-4-6-20)17-32-22-13-7-18(8-14-22)16-27-21-11-9-19(10-12-21)23-15-24(23)26(29)30/h2-14,23-24,27H,15-17H2,1H3,(H,29,30)/b28-25+. The van der Waals surface area contributed by atoms with Gasteiger partial charge >= 0.3 is 5.97 Å². The lowest BCUT2D eigenvalue weighted by molar-refractivity contribution is -0.138. The average Bonchev–Trinajstić information content (AvgIpc) is 3.63. The number of carbonyl (C=O) groups is 1. The van der Waals surface area contributed by atoms with Gasteiger partial charge in [0.1, 0.15) is 25.2 Å². The van der Waals surface area contributed by atoms with Gasteiger partial charge in [-0.25, -0.2) is 0 Å². The van der Waals surface area contributed by atoms with E-state index in [1.165, 1.54) is 7.11 Å². The zero-order chi connectivity index (χ0) is 22.3. The normalized spacial score (nSPS) is 17.5. The van der Waals surface area contributed by atoms with E-state index < -0.39 is 5.97 Å². The van der Waals surface area contributed by atoms with Crippen molar-refractivity contribution in [3.05, 3.63) is 95.6 Å². The number of benzene rings is 3. The fourth-order valence-electron chi connectivity index (χ4n) is 3.65. The highest BCUT2D eigenvalue weighted by molar-refractivity contribution is 6.01. The van der Waals surface area contributed by atoms with Gasteiger partial charge < -0.3 is 20.0 Å². The summed E-state index contributed by atoms with van der Waals surface area (Å²) in [5.74, 6) is -0.00771. The molecule has 4 rings (SSSR count). The van der Waals surface area contributed by atoms with Crippen LogP contribution in [0.15, 0.2) is 84.0 Å². The average molecular weight is 431 g/mol. The van der Waals surface area contributed by atoms with E-state index >= 15 is 0 Å². The quantitative estimate of drug-likeness (QED) is 0.353. The molecule has 0 spiro atoms. The van der Waals surface area contributed by atoms with Crippen LogP contribution in [-0.4, -0.2) is 30.5 Å². The Kier molecular flexibility index (Phi) is 6.70. The number of oxime groups is 1. The highest BCUT2D eigenvalue weighted by atomic mass is 16.6. The van der Waals surface area contributed by atoms with Crippen LogP contribution < -0.4 is 10.1 Å². The second-order valence-corrected chi connectivity index (χ2v) is 7.78. The van der Waals surface area contributed by atoms with Gasteiger partial charge in [-0.2, -0.15) is 0 Å². The molecule has 6 nitrogen and oxygen atoms in total. The maximum absolute atomic E-state index is 11.0. The van der Waals surface area contributed by atoms with E-state index in [0.29, 0.717) is 13.2 Å². The van der Waals surface area contributed by atoms with E-state index in [1.54, 1.807) is 0 Å². The Labute approximate surface area is 187 Å². The number of carboxylic acid groups (broad SMARTS) is 1. The number of nitrogens with one attached hydrogen (secondary N) is 1. The van der Waals surface area contributed by atoms with Gasteiger partial charge in [0.05, 0.1) is 5.92 Å². The first-order valence-corrected chi connectivity index (χ1v) is 10.6. The predicted octanol–water partition coefficient (Wildman–Crippen LogP) is 4.92. The van der Waals surface area contributed by atoms with Crippen molar-refractivity contribution in [2.24, 2.45) is 11.1 Å². The first kappa shape index (κ1) is 21.4. The second kappa shape index (κ2) is 10.0. The summed E-state index contributed by atoms with van der Waals surface area (Å²) in [6.45, 7) is 0.993. The van der Waals surface area contributed by atoms with Crippen LogP contribution in [0.25, 0.3) is 0 Å². The van der Waals surface area contributed by atoms with E-state index in [-0.39, 0.29) is 11.8 Å². The number of ether oxygens (including phenoxy) is 1. The van der Waals surface area contributed by atoms with E-state index in [4.69, 9.17) is 14.7 Å². The second-order valence-electron chi connectivity index (χ2n) is 7.78. The summed E-state index contributed by atoms with van der Waals surface area (Å²) in [4.78, 5) is 16.0. The molecule has 0 aromatic heterocycles. The number of nitrogens with zero attached hydrogens (tertiary/aromatic N) is 1. The summed E-state index contributed by atoms with van der Waals surface area (Å²) < 4.78 is 5.89. The number of rotatable bonds is 10. The molecule has 2 atom stereocenters. The van der Waals surface area contributed by atoms with Crippen LogP contribution >= 0.6 is 0 Å². The molecule has 1 aliphatic rings. The molecule has 0 radical (unpaired) electrons. The molecule has 164 valence electrons. The van der Waals surface area contributed by atoms with E-state index in [0.717, 1.165) is 40.3 Å². The molecule has 0 aliphatic heterocycles. The number of hydrogen-bond donors (Lipinski definition) is 2. The molecule has 0 amide bonds. The fourth-order valence-corrected chi connectivity index (χ4v) is 3.65. The van der Waals surface area contributed by atoms with Gasteiger partial charge in [-0.15, -0.1) is 0 Å². The van der Waals surface area contributed by atoms with Gasteiger partial charge in [0.15, 0.2) is 0 Å². The Bertz CT molecular complexity index is 1060. The Hall–Kier alpha value is -3.80. The van der Waals surface area contributed by atoms with Gasteiger partial charge in [0.2, 0.25) is 0 Å². The summed E-state index contributed by atoms with van der Waals surface area (Å²) >= 11 is 0. The number of anilines is 1. The van der Waals surface area contributed by atoms with Crippen molar-refractivity contribution in [3.8, 4) is 5.75 Å². The molecule has 32 heavy (non-hydrogen) atoms. The molecule has 2 unspecified atom stereocenters. The van der Waals surface area contributed by atoms with Crippen LogP contribution in [-0.2, 0) is 16.2 Å². The number of carboxylic acids is 1. The molecule has 6 heteroatoms. The lowest BCUT2D eigenvalue weighted by Crippen LogP contribution is -2.13. The Morgan fingerprint density at radius 2 is 1.75 bits per heavy atom. The van der Waals surface area contributed by atoms with Crippen molar-refractivity contribution in [2.45, 2.75) is 18.9 Å². The summed E-state index contributed by atoms with van der Waals surface area (Å²) in [6, 6.07) is 25.8. The lowest BCUT2D eigenvalue weighted by Gasteiger charge is -2.11. The van der Waals surface area contributed by atoms with Crippen molar-refractivity contribution in [2.75, 3.05) is 19.0 Å². The molecule has 0 heterocycles. The van der Waals surface area contributed by atoms with E-state index in [9.17, 15) is 4.79 Å². The van der Waals surface area contributed by atoms with Gasteiger partial charge in [0, 0.05) is 17.8 Å². The minimum atomic E-state index is -0.702. The van der Waals surface area contributed by atoms with Crippen LogP contribution in [0, 0.1) is 5.92 Å². The monoisotopic (exact) mass is 430 g/mol. The summed E-state index contributed by atoms with van der Waals surface area (Å²) in [6.07, 6.45) is 0.737. The zero-order valence-electron chi connectivity index (χ0n) is 17.9. The predicted molar refractivity (Wildman–Crippen MR) is 124 cm³/mol. The summed E-state index contributed by atoms with van der Waals surface area (Å²) in [7, 11) is 1.52. The Morgan fingerprint density at radius 1 is 1.03 bits per heavy atom. The smallest absolute Gasteiger partial charge is 0.307 e. The van der Waals surface area contributed by atoms with Gasteiger partial charge in [0.25, 0.3) is 0 Å².